The van der Waals surface area contributed by atoms with Crippen LogP contribution in [-0.2, 0) is 22.4 Å². The highest BCUT2D eigenvalue weighted by Gasteiger charge is 2.14. The number of esters is 1. The van der Waals surface area contributed by atoms with Crippen LogP contribution in [0.2, 0.25) is 0 Å². The lowest BCUT2D eigenvalue weighted by atomic mass is 10.0. The Balaban J connectivity index is 2.05. The van der Waals surface area contributed by atoms with Crippen LogP contribution in [0.5, 0.6) is 0 Å². The molecule has 0 aliphatic heterocycles. The minimum Gasteiger partial charge on any atom is -0.451 e. The van der Waals surface area contributed by atoms with Crippen LogP contribution < -0.4 is 16.6 Å². The Kier molecular flexibility index (Phi) is 5.89. The Labute approximate surface area is 143 Å². The molecule has 8 heteroatoms. The molecule has 1 aromatic carbocycles. The van der Waals surface area contributed by atoms with Crippen LogP contribution in [0.15, 0.2) is 33.9 Å². The van der Waals surface area contributed by atoms with Crippen molar-refractivity contribution in [3.05, 3.63) is 61.9 Å². The van der Waals surface area contributed by atoms with E-state index in [4.69, 9.17) is 4.74 Å². The highest BCUT2D eigenvalue weighted by atomic mass is 16.5. The molecule has 0 aliphatic rings. The monoisotopic (exact) mass is 345 g/mol. The molecule has 1 amide bonds. The van der Waals surface area contributed by atoms with Crippen molar-refractivity contribution in [3.8, 4) is 0 Å². The zero-order valence-electron chi connectivity index (χ0n) is 14.0. The molecule has 0 saturated heterocycles. The standard InChI is InChI=1S/C17H19N3O5/c1-3-10-6-5-7-11(4-2)15(10)19-14(22)9-25-16(23)12-8-13(21)20-17(24)18-12/h5-8H,3-4,9H2,1-2H3,(H,19,22)(H2,18,20,21,24). The molecule has 2 aromatic rings. The third-order valence-corrected chi connectivity index (χ3v) is 3.58. The topological polar surface area (TPSA) is 121 Å². The van der Waals surface area contributed by atoms with Gasteiger partial charge < -0.3 is 15.0 Å². The third-order valence-electron chi connectivity index (χ3n) is 3.58. The summed E-state index contributed by atoms with van der Waals surface area (Å²) in [7, 11) is 0. The fraction of sp³-hybridized carbons (Fsp3) is 0.294. The van der Waals surface area contributed by atoms with Crippen molar-refractivity contribution in [1.82, 2.24) is 9.97 Å². The number of carbonyl (C=O) groups excluding carboxylic acids is 2. The number of hydrogen-bond donors (Lipinski definition) is 3. The smallest absolute Gasteiger partial charge is 0.355 e. The van der Waals surface area contributed by atoms with E-state index in [2.05, 4.69) is 10.3 Å². The first-order valence-electron chi connectivity index (χ1n) is 7.86. The van der Waals surface area contributed by atoms with Gasteiger partial charge in [-0.3, -0.25) is 14.6 Å². The van der Waals surface area contributed by atoms with E-state index < -0.39 is 29.7 Å². The molecule has 3 N–H and O–H groups in total. The van der Waals surface area contributed by atoms with Crippen LogP contribution in [0.1, 0.15) is 35.5 Å². The largest absolute Gasteiger partial charge is 0.451 e. The lowest BCUT2D eigenvalue weighted by molar-refractivity contribution is -0.119. The molecule has 25 heavy (non-hydrogen) atoms. The summed E-state index contributed by atoms with van der Waals surface area (Å²) in [5.41, 5.74) is 0.816. The van der Waals surface area contributed by atoms with E-state index in [0.717, 1.165) is 35.7 Å². The summed E-state index contributed by atoms with van der Waals surface area (Å²) in [4.78, 5) is 50.3. The predicted molar refractivity (Wildman–Crippen MR) is 91.8 cm³/mol. The Bertz CT molecular complexity index is 847. The highest BCUT2D eigenvalue weighted by Crippen LogP contribution is 2.22. The number of carbonyl (C=O) groups is 2. The summed E-state index contributed by atoms with van der Waals surface area (Å²) in [6, 6.07) is 6.66. The van der Waals surface area contributed by atoms with E-state index in [-0.39, 0.29) is 5.69 Å². The molecule has 0 bridgehead atoms. The van der Waals surface area contributed by atoms with Gasteiger partial charge in [0, 0.05) is 11.8 Å². The Hall–Kier alpha value is -3.16. The molecular weight excluding hydrogens is 326 g/mol. The predicted octanol–water partition coefficient (Wildman–Crippen LogP) is 0.983. The lowest BCUT2D eigenvalue weighted by Gasteiger charge is -2.14. The Morgan fingerprint density at radius 2 is 1.72 bits per heavy atom. The number of H-pyrrole nitrogens is 2. The maximum absolute atomic E-state index is 12.1. The molecule has 8 nitrogen and oxygen atoms in total. The molecule has 0 aliphatic carbocycles. The van der Waals surface area contributed by atoms with Gasteiger partial charge in [0.15, 0.2) is 6.61 Å². The number of amides is 1. The van der Waals surface area contributed by atoms with Gasteiger partial charge in [-0.15, -0.1) is 0 Å². The normalized spacial score (nSPS) is 10.3. The van der Waals surface area contributed by atoms with Crippen LogP contribution in [0, 0.1) is 0 Å². The quantitative estimate of drug-likeness (QED) is 0.674. The van der Waals surface area contributed by atoms with E-state index >= 15 is 0 Å². The molecule has 2 rings (SSSR count). The first-order valence-corrected chi connectivity index (χ1v) is 7.86. The molecule has 1 aromatic heterocycles. The minimum atomic E-state index is -0.960. The van der Waals surface area contributed by atoms with Crippen molar-refractivity contribution >= 4 is 17.6 Å². The van der Waals surface area contributed by atoms with Crippen molar-refractivity contribution < 1.29 is 14.3 Å². The number of hydrogen-bond acceptors (Lipinski definition) is 5. The number of anilines is 1. The van der Waals surface area contributed by atoms with Gasteiger partial charge in [-0.1, -0.05) is 32.0 Å². The summed E-state index contributed by atoms with van der Waals surface area (Å²) in [6.07, 6.45) is 1.49. The fourth-order valence-corrected chi connectivity index (χ4v) is 2.37. The van der Waals surface area contributed by atoms with Gasteiger partial charge in [-0.25, -0.2) is 9.59 Å². The number of nitrogens with one attached hydrogen (secondary N) is 3. The van der Waals surface area contributed by atoms with Gasteiger partial charge >= 0.3 is 11.7 Å². The van der Waals surface area contributed by atoms with Gasteiger partial charge in [0.1, 0.15) is 5.69 Å². The number of benzene rings is 1. The highest BCUT2D eigenvalue weighted by molar-refractivity contribution is 5.95. The van der Waals surface area contributed by atoms with Crippen LogP contribution >= 0.6 is 0 Å². The number of aromatic nitrogens is 2. The second kappa shape index (κ2) is 8.09. The molecule has 0 spiro atoms. The molecule has 1 heterocycles. The summed E-state index contributed by atoms with van der Waals surface area (Å²) in [5.74, 6) is -1.46. The lowest BCUT2D eigenvalue weighted by Crippen LogP contribution is -2.27. The van der Waals surface area contributed by atoms with Crippen molar-refractivity contribution in [2.45, 2.75) is 26.7 Å². The van der Waals surface area contributed by atoms with E-state index in [1.165, 1.54) is 0 Å². The zero-order valence-corrected chi connectivity index (χ0v) is 14.0. The number of ether oxygens (including phenoxy) is 1. The average molecular weight is 345 g/mol. The van der Waals surface area contributed by atoms with Crippen molar-refractivity contribution in [2.24, 2.45) is 0 Å². The Morgan fingerprint density at radius 3 is 2.28 bits per heavy atom. The van der Waals surface area contributed by atoms with Gasteiger partial charge in [0.05, 0.1) is 0 Å². The van der Waals surface area contributed by atoms with E-state index in [1.807, 2.05) is 37.0 Å². The minimum absolute atomic E-state index is 0.315. The molecule has 0 unspecified atom stereocenters. The zero-order chi connectivity index (χ0) is 18.4. The van der Waals surface area contributed by atoms with Gasteiger partial charge in [0.25, 0.3) is 11.5 Å². The summed E-state index contributed by atoms with van der Waals surface area (Å²) in [5, 5.41) is 2.75. The number of aromatic amines is 2. The maximum Gasteiger partial charge on any atom is 0.355 e. The molecular formula is C17H19N3O5. The number of aryl methyl sites for hydroxylation is 2. The Morgan fingerprint density at radius 1 is 1.08 bits per heavy atom. The van der Waals surface area contributed by atoms with Crippen LogP contribution in [0.3, 0.4) is 0 Å². The van der Waals surface area contributed by atoms with E-state index in [9.17, 15) is 19.2 Å². The van der Waals surface area contributed by atoms with Crippen molar-refractivity contribution in [3.63, 3.8) is 0 Å². The molecule has 0 fully saturated rings. The maximum atomic E-state index is 12.1. The van der Waals surface area contributed by atoms with E-state index in [1.54, 1.807) is 0 Å². The number of para-hydroxylation sites is 1. The number of rotatable bonds is 6. The van der Waals surface area contributed by atoms with Crippen LogP contribution in [0.4, 0.5) is 5.69 Å². The van der Waals surface area contributed by atoms with Gasteiger partial charge in [-0.2, -0.15) is 0 Å². The first kappa shape index (κ1) is 18.2. The molecule has 0 atom stereocenters. The van der Waals surface area contributed by atoms with Crippen LogP contribution in [-0.4, -0.2) is 28.5 Å². The average Bonchev–Trinajstić information content (AvgIpc) is 2.58. The van der Waals surface area contributed by atoms with Gasteiger partial charge in [0.2, 0.25) is 0 Å². The molecule has 0 saturated carbocycles. The summed E-state index contributed by atoms with van der Waals surface area (Å²) < 4.78 is 4.85. The van der Waals surface area contributed by atoms with Crippen molar-refractivity contribution in [1.29, 1.82) is 0 Å². The van der Waals surface area contributed by atoms with Gasteiger partial charge in [-0.05, 0) is 24.0 Å². The summed E-state index contributed by atoms with van der Waals surface area (Å²) in [6.45, 7) is 3.43. The first-order chi connectivity index (χ1) is 11.9. The SMILES string of the molecule is CCc1cccc(CC)c1NC(=O)COC(=O)c1cc(=O)[nH]c(=O)[nH]1. The second-order valence-electron chi connectivity index (χ2n) is 5.28. The van der Waals surface area contributed by atoms with Crippen LogP contribution in [0.25, 0.3) is 0 Å². The third kappa shape index (κ3) is 4.66. The van der Waals surface area contributed by atoms with Crippen molar-refractivity contribution in [2.75, 3.05) is 11.9 Å². The fourth-order valence-electron chi connectivity index (χ4n) is 2.37. The second-order valence-corrected chi connectivity index (χ2v) is 5.28. The molecule has 132 valence electrons. The summed E-state index contributed by atoms with van der Waals surface area (Å²) >= 11 is 0. The van der Waals surface area contributed by atoms with E-state index in [0.29, 0.717) is 0 Å². The molecule has 0 radical (unpaired) electrons.